The van der Waals surface area contributed by atoms with Crippen LogP contribution in [-0.2, 0) is 27.3 Å². The third-order valence-corrected chi connectivity index (χ3v) is 6.32. The average molecular weight is 451 g/mol. The van der Waals surface area contributed by atoms with Crippen LogP contribution in [0.1, 0.15) is 16.7 Å². The van der Waals surface area contributed by atoms with Gasteiger partial charge in [-0.3, -0.25) is 19.4 Å². The fourth-order valence-electron chi connectivity index (χ4n) is 4.26. The van der Waals surface area contributed by atoms with Gasteiger partial charge < -0.3 is 15.0 Å². The van der Waals surface area contributed by atoms with Crippen molar-refractivity contribution in [3.05, 3.63) is 65.2 Å². The van der Waals surface area contributed by atoms with Gasteiger partial charge in [-0.25, -0.2) is 0 Å². The van der Waals surface area contributed by atoms with Gasteiger partial charge in [0.1, 0.15) is 0 Å². The van der Waals surface area contributed by atoms with Crippen LogP contribution >= 0.6 is 0 Å². The molecule has 4 rings (SSSR count). The molecule has 0 spiro atoms. The van der Waals surface area contributed by atoms with Crippen LogP contribution < -0.4 is 5.32 Å². The Labute approximate surface area is 196 Å². The molecule has 0 saturated carbocycles. The Morgan fingerprint density at radius 1 is 0.818 bits per heavy atom. The molecule has 2 saturated heterocycles. The van der Waals surface area contributed by atoms with Crippen LogP contribution in [0, 0.1) is 6.92 Å². The minimum atomic E-state index is -0.0182. The summed E-state index contributed by atoms with van der Waals surface area (Å²) in [5.41, 5.74) is 4.30. The van der Waals surface area contributed by atoms with E-state index in [1.54, 1.807) is 0 Å². The van der Waals surface area contributed by atoms with Gasteiger partial charge >= 0.3 is 0 Å². The highest BCUT2D eigenvalue weighted by molar-refractivity contribution is 5.92. The molecule has 1 N–H and O–H groups in total. The highest BCUT2D eigenvalue weighted by Gasteiger charge is 2.22. The number of nitrogens with zero attached hydrogens (tertiary/aromatic N) is 3. The van der Waals surface area contributed by atoms with Gasteiger partial charge in [-0.2, -0.15) is 0 Å². The van der Waals surface area contributed by atoms with Crippen LogP contribution in [0.5, 0.6) is 0 Å². The normalized spacial score (nSPS) is 17.7. The maximum atomic E-state index is 12.6. The molecule has 0 radical (unpaired) electrons. The zero-order valence-corrected chi connectivity index (χ0v) is 19.5. The van der Waals surface area contributed by atoms with Crippen LogP contribution in [0.3, 0.4) is 0 Å². The van der Waals surface area contributed by atoms with Gasteiger partial charge in [0.05, 0.1) is 26.2 Å². The average Bonchev–Trinajstić information content (AvgIpc) is 2.83. The molecule has 0 aromatic heterocycles. The first kappa shape index (κ1) is 23.4. The summed E-state index contributed by atoms with van der Waals surface area (Å²) < 4.78 is 5.40. The lowest BCUT2D eigenvalue weighted by Crippen LogP contribution is -2.50. The van der Waals surface area contributed by atoms with Gasteiger partial charge in [-0.05, 0) is 30.2 Å². The van der Waals surface area contributed by atoms with Gasteiger partial charge in [-0.15, -0.1) is 0 Å². The highest BCUT2D eigenvalue weighted by Crippen LogP contribution is 2.13. The summed E-state index contributed by atoms with van der Waals surface area (Å²) >= 11 is 0. The molecule has 7 heteroatoms. The Hall–Kier alpha value is -2.74. The van der Waals surface area contributed by atoms with Crippen LogP contribution in [0.2, 0.25) is 0 Å². The number of carbonyl (C=O) groups is 2. The van der Waals surface area contributed by atoms with E-state index < -0.39 is 0 Å². The Morgan fingerprint density at radius 3 is 2.12 bits per heavy atom. The Morgan fingerprint density at radius 2 is 1.45 bits per heavy atom. The summed E-state index contributed by atoms with van der Waals surface area (Å²) in [7, 11) is 0. The number of amides is 2. The summed E-state index contributed by atoms with van der Waals surface area (Å²) in [6, 6.07) is 16.2. The molecule has 176 valence electrons. The van der Waals surface area contributed by atoms with Gasteiger partial charge in [0.25, 0.3) is 0 Å². The molecule has 0 aliphatic carbocycles. The number of aryl methyl sites for hydroxylation is 1. The topological polar surface area (TPSA) is 65.1 Å². The minimum absolute atomic E-state index is 0.0182. The third kappa shape index (κ3) is 7.12. The van der Waals surface area contributed by atoms with Gasteiger partial charge in [0, 0.05) is 51.5 Å². The van der Waals surface area contributed by atoms with Crippen LogP contribution in [0.15, 0.2) is 48.5 Å². The molecular formula is C26H34N4O3. The minimum Gasteiger partial charge on any atom is -0.379 e. The van der Waals surface area contributed by atoms with Crippen molar-refractivity contribution in [1.29, 1.82) is 0 Å². The van der Waals surface area contributed by atoms with Crippen LogP contribution in [-0.4, -0.2) is 85.5 Å². The summed E-state index contributed by atoms with van der Waals surface area (Å²) in [5.74, 6) is 0.135. The van der Waals surface area contributed by atoms with Crippen molar-refractivity contribution < 1.29 is 14.3 Å². The maximum absolute atomic E-state index is 12.6. The number of piperazine rings is 1. The molecule has 2 aromatic carbocycles. The third-order valence-electron chi connectivity index (χ3n) is 6.32. The van der Waals surface area contributed by atoms with E-state index in [1.807, 2.05) is 48.2 Å². The lowest BCUT2D eigenvalue weighted by atomic mass is 10.1. The van der Waals surface area contributed by atoms with Crippen molar-refractivity contribution in [1.82, 2.24) is 14.7 Å². The molecule has 2 aliphatic rings. The molecule has 2 fully saturated rings. The van der Waals surface area contributed by atoms with Crippen molar-refractivity contribution in [2.45, 2.75) is 19.9 Å². The molecule has 0 unspecified atom stereocenters. The second kappa shape index (κ2) is 11.4. The van der Waals surface area contributed by atoms with Gasteiger partial charge in [-0.1, -0.05) is 42.0 Å². The van der Waals surface area contributed by atoms with Crippen molar-refractivity contribution in [2.24, 2.45) is 0 Å². The number of anilines is 1. The zero-order chi connectivity index (χ0) is 23.0. The molecule has 2 heterocycles. The first-order valence-corrected chi connectivity index (χ1v) is 11.8. The summed E-state index contributed by atoms with van der Waals surface area (Å²) in [4.78, 5) is 31.5. The quantitative estimate of drug-likeness (QED) is 0.700. The number of hydrogen-bond donors (Lipinski definition) is 1. The van der Waals surface area contributed by atoms with E-state index in [1.165, 1.54) is 11.1 Å². The van der Waals surface area contributed by atoms with Gasteiger partial charge in [0.2, 0.25) is 11.8 Å². The second-order valence-electron chi connectivity index (χ2n) is 8.95. The molecule has 0 bridgehead atoms. The first-order chi connectivity index (χ1) is 16.0. The standard InChI is InChI=1S/C26H34N4O3/c1-21-2-4-22(5-3-21)18-26(32)30-12-10-28(11-13-30)20-25(31)27-24-8-6-23(7-9-24)19-29-14-16-33-17-15-29/h2-9H,10-20H2,1H3,(H,27,31). The number of rotatable bonds is 7. The highest BCUT2D eigenvalue weighted by atomic mass is 16.5. The summed E-state index contributed by atoms with van der Waals surface area (Å²) in [6.45, 7) is 9.56. The summed E-state index contributed by atoms with van der Waals surface area (Å²) in [6.07, 6.45) is 0.433. The first-order valence-electron chi connectivity index (χ1n) is 11.8. The number of carbonyl (C=O) groups excluding carboxylic acids is 2. The van der Waals surface area contributed by atoms with Crippen molar-refractivity contribution in [3.63, 3.8) is 0 Å². The Bertz CT molecular complexity index is 916. The number of morpholine rings is 1. The maximum Gasteiger partial charge on any atom is 0.238 e. The van der Waals surface area contributed by atoms with Gasteiger partial charge in [0.15, 0.2) is 0 Å². The van der Waals surface area contributed by atoms with Crippen LogP contribution in [0.4, 0.5) is 5.69 Å². The van der Waals surface area contributed by atoms with E-state index in [9.17, 15) is 9.59 Å². The van der Waals surface area contributed by atoms with Crippen molar-refractivity contribution >= 4 is 17.5 Å². The van der Waals surface area contributed by atoms with E-state index in [0.29, 0.717) is 39.1 Å². The van der Waals surface area contributed by atoms with Crippen molar-refractivity contribution in [2.75, 3.05) is 64.3 Å². The number of ether oxygens (including phenoxy) is 1. The fraction of sp³-hybridized carbons (Fsp3) is 0.462. The van der Waals surface area contributed by atoms with E-state index in [4.69, 9.17) is 4.74 Å². The molecule has 0 atom stereocenters. The lowest BCUT2D eigenvalue weighted by Gasteiger charge is -2.34. The predicted molar refractivity (Wildman–Crippen MR) is 129 cm³/mol. The zero-order valence-electron chi connectivity index (χ0n) is 19.5. The number of nitrogens with one attached hydrogen (secondary N) is 1. The molecule has 2 amide bonds. The summed E-state index contributed by atoms with van der Waals surface area (Å²) in [5, 5.41) is 3.00. The fourth-order valence-corrected chi connectivity index (χ4v) is 4.26. The molecule has 7 nitrogen and oxygen atoms in total. The van der Waals surface area contributed by atoms with Crippen LogP contribution in [0.25, 0.3) is 0 Å². The van der Waals surface area contributed by atoms with E-state index in [2.05, 4.69) is 27.2 Å². The van der Waals surface area contributed by atoms with Crippen molar-refractivity contribution in [3.8, 4) is 0 Å². The second-order valence-corrected chi connectivity index (χ2v) is 8.95. The molecule has 2 aliphatic heterocycles. The van der Waals surface area contributed by atoms with E-state index in [-0.39, 0.29) is 11.8 Å². The number of benzene rings is 2. The molecular weight excluding hydrogens is 416 g/mol. The number of hydrogen-bond acceptors (Lipinski definition) is 5. The largest absolute Gasteiger partial charge is 0.379 e. The predicted octanol–water partition coefficient (Wildman–Crippen LogP) is 2.15. The smallest absolute Gasteiger partial charge is 0.238 e. The SMILES string of the molecule is Cc1ccc(CC(=O)N2CCN(CC(=O)Nc3ccc(CN4CCOCC4)cc3)CC2)cc1. The Balaban J connectivity index is 1.17. The van der Waals surface area contributed by atoms with E-state index >= 15 is 0 Å². The monoisotopic (exact) mass is 450 g/mol. The van der Waals surface area contributed by atoms with E-state index in [0.717, 1.165) is 44.1 Å². The Kier molecular flexibility index (Phi) is 8.10. The molecule has 2 aromatic rings. The lowest BCUT2D eigenvalue weighted by molar-refractivity contribution is -0.132. The molecule has 33 heavy (non-hydrogen) atoms.